The largest absolute Gasteiger partial charge is 0.488 e. The second kappa shape index (κ2) is 12.4. The predicted octanol–water partition coefficient (Wildman–Crippen LogP) is 3.39. The molecule has 0 unspecified atom stereocenters. The van der Waals surface area contributed by atoms with Crippen LogP contribution in [-0.4, -0.2) is 79.8 Å². The van der Waals surface area contributed by atoms with E-state index in [2.05, 4.69) is 10.6 Å². The van der Waals surface area contributed by atoms with Gasteiger partial charge in [0.25, 0.3) is 0 Å². The van der Waals surface area contributed by atoms with Gasteiger partial charge in [0.2, 0.25) is 15.9 Å². The van der Waals surface area contributed by atoms with Crippen LogP contribution in [0.2, 0.25) is 0 Å². The number of hydrogen-bond donors (Lipinski definition) is 3. The zero-order chi connectivity index (χ0) is 29.8. The van der Waals surface area contributed by atoms with Crippen molar-refractivity contribution in [3.8, 4) is 5.75 Å². The van der Waals surface area contributed by atoms with Crippen LogP contribution in [0.4, 0.5) is 29.3 Å². The van der Waals surface area contributed by atoms with Gasteiger partial charge in [-0.1, -0.05) is 6.92 Å². The van der Waals surface area contributed by atoms with E-state index in [0.29, 0.717) is 17.0 Å². The molecule has 0 aromatic heterocycles. The van der Waals surface area contributed by atoms with Gasteiger partial charge in [0.1, 0.15) is 11.9 Å². The van der Waals surface area contributed by atoms with Gasteiger partial charge in [-0.15, -0.1) is 0 Å². The number of urea groups is 1. The van der Waals surface area contributed by atoms with Gasteiger partial charge in [-0.05, 0) is 49.4 Å². The van der Waals surface area contributed by atoms with Crippen LogP contribution >= 0.6 is 0 Å². The summed E-state index contributed by atoms with van der Waals surface area (Å²) >= 11 is 0. The number of benzene rings is 2. The number of ether oxygens (including phenoxy) is 1. The summed E-state index contributed by atoms with van der Waals surface area (Å²) in [5.74, 6) is -0.263. The second-order valence-electron chi connectivity index (χ2n) is 9.91. The van der Waals surface area contributed by atoms with Crippen LogP contribution in [0, 0.1) is 5.92 Å². The number of nitrogens with one attached hydrogen (secondary N) is 2. The number of fused-ring (bicyclic) bond motifs is 1. The molecule has 1 aliphatic rings. The summed E-state index contributed by atoms with van der Waals surface area (Å²) < 4.78 is 69.9. The quantitative estimate of drug-likeness (QED) is 0.457. The molecular formula is C26H33F3N4O6S. The molecule has 0 bridgehead atoms. The number of alkyl halides is 3. The number of sulfonamides is 1. The lowest BCUT2D eigenvalue weighted by molar-refractivity contribution is -0.137. The fraction of sp³-hybridized carbons (Fsp3) is 0.462. The molecule has 40 heavy (non-hydrogen) atoms. The van der Waals surface area contributed by atoms with E-state index < -0.39 is 39.9 Å². The fourth-order valence-corrected chi connectivity index (χ4v) is 4.57. The minimum atomic E-state index is -4.50. The van der Waals surface area contributed by atoms with Crippen molar-refractivity contribution in [2.75, 3.05) is 43.6 Å². The number of aliphatic hydroxyl groups is 1. The van der Waals surface area contributed by atoms with Crippen LogP contribution in [0.5, 0.6) is 5.75 Å². The molecule has 0 radical (unpaired) electrons. The van der Waals surface area contributed by atoms with Crippen molar-refractivity contribution in [1.29, 1.82) is 0 Å². The Bertz CT molecular complexity index is 1320. The molecule has 0 aliphatic carbocycles. The van der Waals surface area contributed by atoms with Gasteiger partial charge in [-0.2, -0.15) is 13.2 Å². The van der Waals surface area contributed by atoms with Crippen LogP contribution in [0.3, 0.4) is 0 Å². The van der Waals surface area contributed by atoms with E-state index in [0.717, 1.165) is 34.8 Å². The van der Waals surface area contributed by atoms with Crippen LogP contribution < -0.4 is 15.4 Å². The van der Waals surface area contributed by atoms with Crippen molar-refractivity contribution < 1.29 is 41.0 Å². The Balaban J connectivity index is 1.86. The number of hydrogen-bond acceptors (Lipinski definition) is 6. The van der Waals surface area contributed by atoms with Gasteiger partial charge in [-0.3, -0.25) is 4.79 Å². The lowest BCUT2D eigenvalue weighted by atomic mass is 10.0. The zero-order valence-electron chi connectivity index (χ0n) is 22.5. The first-order chi connectivity index (χ1) is 18.6. The van der Waals surface area contributed by atoms with E-state index in [-0.39, 0.29) is 43.6 Å². The molecular weight excluding hydrogens is 553 g/mol. The maximum absolute atomic E-state index is 13.3. The highest BCUT2D eigenvalue weighted by molar-refractivity contribution is 7.88. The average molecular weight is 587 g/mol. The molecule has 220 valence electrons. The van der Waals surface area contributed by atoms with Gasteiger partial charge < -0.3 is 25.4 Å². The first-order valence-corrected chi connectivity index (χ1v) is 14.3. The molecule has 2 aromatic rings. The van der Waals surface area contributed by atoms with Crippen molar-refractivity contribution in [3.63, 3.8) is 0 Å². The number of halogens is 3. The minimum Gasteiger partial charge on any atom is -0.488 e. The molecule has 0 saturated heterocycles. The third-order valence-corrected chi connectivity index (χ3v) is 7.93. The standard InChI is InChI=1S/C26H33F3N4O6S/c1-16-13-33(17(2)15-34)24(35)12-18-11-21(9-10-22(18)39-23(16)14-32(3)40(4,37)38)31-25(36)30-20-7-5-19(6-8-20)26(27,28)29/h5-11,16-17,23,34H,12-15H2,1-4H3,(H2,30,31,36)/t16-,17-,23-/m1/s1. The van der Waals surface area contributed by atoms with Gasteiger partial charge >= 0.3 is 12.2 Å². The highest BCUT2D eigenvalue weighted by Crippen LogP contribution is 2.31. The van der Waals surface area contributed by atoms with Crippen molar-refractivity contribution in [2.45, 2.75) is 38.6 Å². The van der Waals surface area contributed by atoms with E-state index in [1.165, 1.54) is 24.1 Å². The lowest BCUT2D eigenvalue weighted by Gasteiger charge is -2.33. The molecule has 10 nitrogen and oxygen atoms in total. The highest BCUT2D eigenvalue weighted by Gasteiger charge is 2.32. The molecule has 14 heteroatoms. The summed E-state index contributed by atoms with van der Waals surface area (Å²) in [5.41, 5.74) is 0.0137. The van der Waals surface area contributed by atoms with E-state index in [1.54, 1.807) is 13.0 Å². The lowest BCUT2D eigenvalue weighted by Crippen LogP contribution is -2.48. The van der Waals surface area contributed by atoms with E-state index in [9.17, 15) is 36.3 Å². The van der Waals surface area contributed by atoms with Crippen LogP contribution in [-0.2, 0) is 27.4 Å². The highest BCUT2D eigenvalue weighted by atomic mass is 32.2. The Hall–Kier alpha value is -3.36. The molecule has 1 aliphatic heterocycles. The molecule has 3 rings (SSSR count). The molecule has 0 fully saturated rings. The van der Waals surface area contributed by atoms with Gasteiger partial charge in [0.15, 0.2) is 0 Å². The summed E-state index contributed by atoms with van der Waals surface area (Å²) in [6.07, 6.45) is -4.17. The Morgan fingerprint density at radius 2 is 1.77 bits per heavy atom. The molecule has 3 amide bonds. The summed E-state index contributed by atoms with van der Waals surface area (Å²) in [6.45, 7) is 3.50. The molecule has 0 saturated carbocycles. The Morgan fingerprint density at radius 3 is 2.35 bits per heavy atom. The predicted molar refractivity (Wildman–Crippen MR) is 144 cm³/mol. The number of anilines is 2. The van der Waals surface area contributed by atoms with Crippen molar-refractivity contribution >= 4 is 33.3 Å². The molecule has 2 aromatic carbocycles. The number of aliphatic hydroxyl groups excluding tert-OH is 1. The SMILES string of the molecule is C[C@@H]1CN([C@H](C)CO)C(=O)Cc2cc(NC(=O)Nc3ccc(C(F)(F)F)cc3)ccc2O[C@@H]1CN(C)S(C)(=O)=O. The first kappa shape index (κ1) is 31.2. The third-order valence-electron chi connectivity index (χ3n) is 6.65. The second-order valence-corrected chi connectivity index (χ2v) is 12.0. The number of carbonyl (C=O) groups excluding carboxylic acids is 2. The van der Waals surface area contributed by atoms with E-state index >= 15 is 0 Å². The topological polar surface area (TPSA) is 128 Å². The first-order valence-electron chi connectivity index (χ1n) is 12.4. The van der Waals surface area contributed by atoms with Gasteiger partial charge in [0.05, 0.1) is 37.4 Å². The molecule has 3 atom stereocenters. The van der Waals surface area contributed by atoms with Gasteiger partial charge in [-0.25, -0.2) is 17.5 Å². The molecule has 1 heterocycles. The number of rotatable bonds is 7. The van der Waals surface area contributed by atoms with Crippen LogP contribution in [0.15, 0.2) is 42.5 Å². The maximum atomic E-state index is 13.3. The van der Waals surface area contributed by atoms with Crippen molar-refractivity contribution in [1.82, 2.24) is 9.21 Å². The summed E-state index contributed by atoms with van der Waals surface area (Å²) in [4.78, 5) is 27.3. The molecule has 0 spiro atoms. The zero-order valence-corrected chi connectivity index (χ0v) is 23.3. The third kappa shape index (κ3) is 8.08. The number of likely N-dealkylation sites (N-methyl/N-ethyl adjacent to an activating group) is 1. The number of carbonyl (C=O) groups is 2. The Labute approximate surface area is 231 Å². The van der Waals surface area contributed by atoms with Gasteiger partial charge in [0, 0.05) is 36.4 Å². The molecule has 3 N–H and O–H groups in total. The van der Waals surface area contributed by atoms with E-state index in [4.69, 9.17) is 4.74 Å². The average Bonchev–Trinajstić information content (AvgIpc) is 2.90. The fourth-order valence-electron chi connectivity index (χ4n) is 4.15. The van der Waals surface area contributed by atoms with Crippen molar-refractivity contribution in [3.05, 3.63) is 53.6 Å². The van der Waals surface area contributed by atoms with Crippen LogP contribution in [0.1, 0.15) is 25.0 Å². The summed E-state index contributed by atoms with van der Waals surface area (Å²) in [5, 5.41) is 14.8. The number of amides is 3. The smallest absolute Gasteiger partial charge is 0.416 e. The normalized spacial score (nSPS) is 19.1. The summed E-state index contributed by atoms with van der Waals surface area (Å²) in [6, 6.07) is 7.37. The maximum Gasteiger partial charge on any atom is 0.416 e. The number of nitrogens with zero attached hydrogens (tertiary/aromatic N) is 2. The van der Waals surface area contributed by atoms with Crippen LogP contribution in [0.25, 0.3) is 0 Å². The summed E-state index contributed by atoms with van der Waals surface area (Å²) in [7, 11) is -2.08. The van der Waals surface area contributed by atoms with E-state index in [1.807, 2.05) is 6.92 Å². The minimum absolute atomic E-state index is 0.0184. The van der Waals surface area contributed by atoms with Crippen molar-refractivity contribution in [2.24, 2.45) is 5.92 Å². The Morgan fingerprint density at radius 1 is 1.18 bits per heavy atom. The Kier molecular flexibility index (Phi) is 9.69. The monoisotopic (exact) mass is 586 g/mol.